The normalized spacial score (nSPS) is 11.6. The highest BCUT2D eigenvalue weighted by Crippen LogP contribution is 2.48. The van der Waals surface area contributed by atoms with Gasteiger partial charge in [0.2, 0.25) is 0 Å². The highest BCUT2D eigenvalue weighted by molar-refractivity contribution is 6.26. The number of rotatable bonds is 4. The second-order valence-electron chi connectivity index (χ2n) is 11.6. The molecule has 1 heterocycles. The summed E-state index contributed by atoms with van der Waals surface area (Å²) >= 11 is 0. The van der Waals surface area contributed by atoms with Crippen LogP contribution in [-0.2, 0) is 0 Å². The van der Waals surface area contributed by atoms with Crippen LogP contribution in [0.1, 0.15) is 0 Å². The smallest absolute Gasteiger partial charge is 0.143 e. The first-order chi connectivity index (χ1) is 22.4. The van der Waals surface area contributed by atoms with E-state index in [1.54, 1.807) is 0 Å². The van der Waals surface area contributed by atoms with Crippen LogP contribution in [0.5, 0.6) is 0 Å². The molecule has 8 aromatic carbocycles. The second-order valence-corrected chi connectivity index (χ2v) is 11.6. The van der Waals surface area contributed by atoms with E-state index >= 15 is 0 Å². The Kier molecular flexibility index (Phi) is 5.89. The molecule has 0 spiro atoms. The standard InChI is InChI=1S/C44H28O/c1-3-15-29(16-4-1)31-19-7-8-20-32(31)37-25-13-27-39-43-38(26-14-28-40(43)45-44(37)39)42-35-23-11-9-21-33(35)41(30-17-5-2-6-18-30)34-22-10-12-24-36(34)42/h1-28H. The van der Waals surface area contributed by atoms with E-state index < -0.39 is 0 Å². The van der Waals surface area contributed by atoms with Crippen molar-refractivity contribution in [3.05, 3.63) is 170 Å². The van der Waals surface area contributed by atoms with Gasteiger partial charge in [0.25, 0.3) is 0 Å². The monoisotopic (exact) mass is 572 g/mol. The number of hydrogen-bond acceptors (Lipinski definition) is 1. The van der Waals surface area contributed by atoms with E-state index in [0.717, 1.165) is 33.1 Å². The van der Waals surface area contributed by atoms with E-state index in [1.807, 2.05) is 0 Å². The SMILES string of the molecule is c1ccc(-c2ccccc2-c2cccc3c2oc2cccc(-c4c5ccccc5c(-c5ccccc5)c5ccccc45)c23)cc1. The van der Waals surface area contributed by atoms with Crippen LogP contribution < -0.4 is 0 Å². The second kappa shape index (κ2) is 10.4. The minimum atomic E-state index is 0.896. The quantitative estimate of drug-likeness (QED) is 0.191. The van der Waals surface area contributed by atoms with Crippen molar-refractivity contribution in [3.63, 3.8) is 0 Å². The molecular weight excluding hydrogens is 544 g/mol. The summed E-state index contributed by atoms with van der Waals surface area (Å²) in [4.78, 5) is 0. The summed E-state index contributed by atoms with van der Waals surface area (Å²) in [5.74, 6) is 0. The topological polar surface area (TPSA) is 13.1 Å². The zero-order valence-corrected chi connectivity index (χ0v) is 24.6. The van der Waals surface area contributed by atoms with Crippen molar-refractivity contribution >= 4 is 43.5 Å². The van der Waals surface area contributed by atoms with E-state index in [2.05, 4.69) is 170 Å². The number of furan rings is 1. The maximum atomic E-state index is 6.81. The zero-order chi connectivity index (χ0) is 29.7. The van der Waals surface area contributed by atoms with Gasteiger partial charge in [0.15, 0.2) is 0 Å². The first kappa shape index (κ1) is 25.6. The van der Waals surface area contributed by atoms with Crippen molar-refractivity contribution in [1.29, 1.82) is 0 Å². The van der Waals surface area contributed by atoms with E-state index in [0.29, 0.717) is 0 Å². The van der Waals surface area contributed by atoms with Gasteiger partial charge in [-0.3, -0.25) is 0 Å². The fourth-order valence-electron chi connectivity index (χ4n) is 7.19. The Morgan fingerprint density at radius 3 is 1.42 bits per heavy atom. The molecule has 1 heteroatoms. The molecule has 45 heavy (non-hydrogen) atoms. The number of hydrogen-bond donors (Lipinski definition) is 0. The van der Waals surface area contributed by atoms with E-state index in [9.17, 15) is 0 Å². The zero-order valence-electron chi connectivity index (χ0n) is 24.6. The molecular formula is C44H28O. The average Bonchev–Trinajstić information content (AvgIpc) is 3.51. The molecule has 0 aliphatic carbocycles. The highest BCUT2D eigenvalue weighted by atomic mass is 16.3. The molecule has 0 atom stereocenters. The van der Waals surface area contributed by atoms with E-state index in [1.165, 1.54) is 54.9 Å². The Hall–Kier alpha value is -5.92. The molecule has 9 rings (SSSR count). The van der Waals surface area contributed by atoms with Gasteiger partial charge in [-0.1, -0.05) is 164 Å². The molecule has 1 aromatic heterocycles. The molecule has 0 N–H and O–H groups in total. The third-order valence-electron chi connectivity index (χ3n) is 9.09. The van der Waals surface area contributed by atoms with Gasteiger partial charge in [-0.15, -0.1) is 0 Å². The van der Waals surface area contributed by atoms with Gasteiger partial charge in [0.1, 0.15) is 11.2 Å². The van der Waals surface area contributed by atoms with Gasteiger partial charge in [-0.05, 0) is 66.6 Å². The molecule has 0 saturated heterocycles. The molecule has 0 unspecified atom stereocenters. The van der Waals surface area contributed by atoms with Crippen LogP contribution in [0.15, 0.2) is 174 Å². The maximum Gasteiger partial charge on any atom is 0.143 e. The lowest BCUT2D eigenvalue weighted by Gasteiger charge is -2.18. The predicted octanol–water partition coefficient (Wildman–Crippen LogP) is 12.6. The van der Waals surface area contributed by atoms with Crippen molar-refractivity contribution < 1.29 is 4.42 Å². The Balaban J connectivity index is 1.37. The average molecular weight is 573 g/mol. The van der Waals surface area contributed by atoms with Gasteiger partial charge in [0, 0.05) is 16.3 Å². The fraction of sp³-hybridized carbons (Fsp3) is 0. The summed E-state index contributed by atoms with van der Waals surface area (Å²) in [6.07, 6.45) is 0. The molecule has 9 aromatic rings. The molecule has 0 fully saturated rings. The molecule has 210 valence electrons. The Morgan fingerprint density at radius 2 is 0.756 bits per heavy atom. The third-order valence-corrected chi connectivity index (χ3v) is 9.09. The molecule has 0 saturated carbocycles. The van der Waals surface area contributed by atoms with Crippen molar-refractivity contribution in [2.75, 3.05) is 0 Å². The van der Waals surface area contributed by atoms with E-state index in [-0.39, 0.29) is 0 Å². The molecule has 0 bridgehead atoms. The lowest BCUT2D eigenvalue weighted by Crippen LogP contribution is -1.91. The van der Waals surface area contributed by atoms with Crippen molar-refractivity contribution in [1.82, 2.24) is 0 Å². The first-order valence-corrected chi connectivity index (χ1v) is 15.4. The van der Waals surface area contributed by atoms with Gasteiger partial charge in [-0.2, -0.15) is 0 Å². The fourth-order valence-corrected chi connectivity index (χ4v) is 7.19. The van der Waals surface area contributed by atoms with Gasteiger partial charge in [-0.25, -0.2) is 0 Å². The third kappa shape index (κ3) is 4.02. The van der Waals surface area contributed by atoms with Crippen molar-refractivity contribution in [3.8, 4) is 44.5 Å². The van der Waals surface area contributed by atoms with Crippen LogP contribution in [0.25, 0.3) is 88.0 Å². The van der Waals surface area contributed by atoms with Crippen LogP contribution in [0, 0.1) is 0 Å². The van der Waals surface area contributed by atoms with Crippen LogP contribution in [-0.4, -0.2) is 0 Å². The Morgan fingerprint density at radius 1 is 0.289 bits per heavy atom. The van der Waals surface area contributed by atoms with E-state index in [4.69, 9.17) is 4.42 Å². The van der Waals surface area contributed by atoms with Crippen LogP contribution >= 0.6 is 0 Å². The summed E-state index contributed by atoms with van der Waals surface area (Å²) in [5.41, 5.74) is 11.4. The summed E-state index contributed by atoms with van der Waals surface area (Å²) in [6, 6.07) is 60.7. The van der Waals surface area contributed by atoms with Gasteiger partial charge in [0.05, 0.1) is 0 Å². The summed E-state index contributed by atoms with van der Waals surface area (Å²) in [5, 5.41) is 7.25. The van der Waals surface area contributed by atoms with Gasteiger partial charge < -0.3 is 4.42 Å². The number of benzene rings is 8. The Bertz CT molecular complexity index is 2460. The predicted molar refractivity (Wildman–Crippen MR) is 190 cm³/mol. The lowest BCUT2D eigenvalue weighted by molar-refractivity contribution is 0.670. The Labute approximate surface area is 261 Å². The number of fused-ring (bicyclic) bond motifs is 5. The summed E-state index contributed by atoms with van der Waals surface area (Å²) < 4.78 is 6.81. The highest BCUT2D eigenvalue weighted by Gasteiger charge is 2.21. The largest absolute Gasteiger partial charge is 0.455 e. The number of para-hydroxylation sites is 1. The maximum absolute atomic E-state index is 6.81. The molecule has 0 aliphatic rings. The summed E-state index contributed by atoms with van der Waals surface area (Å²) in [6.45, 7) is 0. The minimum Gasteiger partial charge on any atom is -0.455 e. The van der Waals surface area contributed by atoms with Crippen LogP contribution in [0.4, 0.5) is 0 Å². The summed E-state index contributed by atoms with van der Waals surface area (Å²) in [7, 11) is 0. The van der Waals surface area contributed by atoms with Crippen molar-refractivity contribution in [2.45, 2.75) is 0 Å². The first-order valence-electron chi connectivity index (χ1n) is 15.4. The molecule has 1 nitrogen and oxygen atoms in total. The minimum absolute atomic E-state index is 0.896. The van der Waals surface area contributed by atoms with Gasteiger partial charge >= 0.3 is 0 Å². The van der Waals surface area contributed by atoms with Crippen LogP contribution in [0.2, 0.25) is 0 Å². The van der Waals surface area contributed by atoms with Crippen LogP contribution in [0.3, 0.4) is 0 Å². The molecule has 0 radical (unpaired) electrons. The van der Waals surface area contributed by atoms with Crippen molar-refractivity contribution in [2.24, 2.45) is 0 Å². The lowest BCUT2D eigenvalue weighted by atomic mass is 9.85. The molecule has 0 aliphatic heterocycles. The molecule has 0 amide bonds.